The first kappa shape index (κ1) is 17.9. The predicted molar refractivity (Wildman–Crippen MR) is 99.3 cm³/mol. The molecule has 134 valence electrons. The zero-order valence-electron chi connectivity index (χ0n) is 15.2. The lowest BCUT2D eigenvalue weighted by Gasteiger charge is -2.36. The predicted octanol–water partition coefficient (Wildman–Crippen LogP) is 3.49. The number of carbonyl (C=O) groups excluding carboxylic acids is 1. The molecule has 5 heteroatoms. The summed E-state index contributed by atoms with van der Waals surface area (Å²) in [7, 11) is 0. The van der Waals surface area contributed by atoms with E-state index in [1.54, 1.807) is 0 Å². The molecule has 0 unspecified atom stereocenters. The van der Waals surface area contributed by atoms with Crippen LogP contribution in [0.15, 0.2) is 0 Å². The van der Waals surface area contributed by atoms with Crippen molar-refractivity contribution >= 4 is 17.2 Å². The highest BCUT2D eigenvalue weighted by Gasteiger charge is 2.27. The molecule has 1 amide bonds. The lowest BCUT2D eigenvalue weighted by atomic mass is 9.96. The van der Waals surface area contributed by atoms with Gasteiger partial charge in [-0.2, -0.15) is 0 Å². The third-order valence-electron chi connectivity index (χ3n) is 5.31. The van der Waals surface area contributed by atoms with Crippen molar-refractivity contribution in [3.63, 3.8) is 0 Å². The van der Waals surface area contributed by atoms with Crippen molar-refractivity contribution < 1.29 is 4.79 Å². The first-order valence-corrected chi connectivity index (χ1v) is 10.5. The van der Waals surface area contributed by atoms with Gasteiger partial charge in [-0.15, -0.1) is 11.3 Å². The van der Waals surface area contributed by atoms with Crippen LogP contribution in [-0.2, 0) is 24.2 Å². The third kappa shape index (κ3) is 4.17. The van der Waals surface area contributed by atoms with E-state index in [4.69, 9.17) is 4.98 Å². The van der Waals surface area contributed by atoms with Gasteiger partial charge in [-0.05, 0) is 32.1 Å². The standard InChI is InChI=1S/C19H31N3OS/c1-3-6-15(7-4-2)19(23)22-12-10-21(11-13-22)14-18-20-16-8-5-9-17(16)24-18/h15H,3-14H2,1-2H3. The van der Waals surface area contributed by atoms with Crippen LogP contribution in [0, 0.1) is 5.92 Å². The summed E-state index contributed by atoms with van der Waals surface area (Å²) in [5.74, 6) is 0.639. The quantitative estimate of drug-likeness (QED) is 0.756. The number of aromatic nitrogens is 1. The molecule has 2 heterocycles. The summed E-state index contributed by atoms with van der Waals surface area (Å²) in [6.45, 7) is 9.06. The Morgan fingerprint density at radius 1 is 1.12 bits per heavy atom. The molecule has 4 nitrogen and oxygen atoms in total. The number of nitrogens with zero attached hydrogens (tertiary/aromatic N) is 3. The Morgan fingerprint density at radius 3 is 2.46 bits per heavy atom. The molecule has 0 atom stereocenters. The van der Waals surface area contributed by atoms with Crippen LogP contribution in [-0.4, -0.2) is 46.9 Å². The number of hydrogen-bond acceptors (Lipinski definition) is 4. The number of piperazine rings is 1. The van der Waals surface area contributed by atoms with Crippen LogP contribution in [0.1, 0.15) is 61.5 Å². The Bertz CT molecular complexity index is 521. The minimum atomic E-state index is 0.244. The summed E-state index contributed by atoms with van der Waals surface area (Å²) >= 11 is 1.91. The van der Waals surface area contributed by atoms with Gasteiger partial charge in [0.25, 0.3) is 0 Å². The van der Waals surface area contributed by atoms with Crippen LogP contribution in [0.2, 0.25) is 0 Å². The summed E-state index contributed by atoms with van der Waals surface area (Å²) in [6, 6.07) is 0. The average Bonchev–Trinajstić information content (AvgIpc) is 3.16. The van der Waals surface area contributed by atoms with Gasteiger partial charge >= 0.3 is 0 Å². The molecule has 1 aromatic rings. The van der Waals surface area contributed by atoms with Crippen LogP contribution in [0.4, 0.5) is 0 Å². The normalized spacial score (nSPS) is 18.4. The van der Waals surface area contributed by atoms with E-state index in [2.05, 4.69) is 23.6 Å². The van der Waals surface area contributed by atoms with Crippen molar-refractivity contribution in [2.45, 2.75) is 65.3 Å². The zero-order chi connectivity index (χ0) is 16.9. The zero-order valence-corrected chi connectivity index (χ0v) is 16.0. The summed E-state index contributed by atoms with van der Waals surface area (Å²) in [5.41, 5.74) is 1.35. The molecule has 1 saturated heterocycles. The smallest absolute Gasteiger partial charge is 0.225 e. The van der Waals surface area contributed by atoms with Crippen molar-refractivity contribution in [2.24, 2.45) is 5.92 Å². The second-order valence-corrected chi connectivity index (χ2v) is 8.37. The number of fused-ring (bicyclic) bond motifs is 1. The first-order chi connectivity index (χ1) is 11.7. The van der Waals surface area contributed by atoms with E-state index in [1.807, 2.05) is 11.3 Å². The maximum absolute atomic E-state index is 12.7. The van der Waals surface area contributed by atoms with Gasteiger partial charge in [0.05, 0.1) is 12.2 Å². The first-order valence-electron chi connectivity index (χ1n) is 9.69. The van der Waals surface area contributed by atoms with E-state index >= 15 is 0 Å². The largest absolute Gasteiger partial charge is 0.340 e. The second kappa shape index (κ2) is 8.43. The summed E-state index contributed by atoms with van der Waals surface area (Å²) in [4.78, 5) is 23.6. The SMILES string of the molecule is CCCC(CCC)C(=O)N1CCN(Cc2nc3c(s2)CCC3)CC1. The second-order valence-electron chi connectivity index (χ2n) is 7.21. The molecule has 1 aromatic heterocycles. The highest BCUT2D eigenvalue weighted by atomic mass is 32.1. The lowest BCUT2D eigenvalue weighted by molar-refractivity contribution is -0.137. The topological polar surface area (TPSA) is 36.4 Å². The molecule has 0 spiro atoms. The molecule has 1 aliphatic carbocycles. The van der Waals surface area contributed by atoms with Crippen molar-refractivity contribution in [3.8, 4) is 0 Å². The fourth-order valence-corrected chi connectivity index (χ4v) is 5.17. The minimum Gasteiger partial charge on any atom is -0.340 e. The third-order valence-corrected chi connectivity index (χ3v) is 6.45. The molecule has 1 fully saturated rings. The van der Waals surface area contributed by atoms with Gasteiger partial charge in [0.2, 0.25) is 5.91 Å². The summed E-state index contributed by atoms with van der Waals surface area (Å²) < 4.78 is 0. The van der Waals surface area contributed by atoms with E-state index in [0.717, 1.165) is 58.4 Å². The van der Waals surface area contributed by atoms with Crippen LogP contribution >= 0.6 is 11.3 Å². The maximum atomic E-state index is 12.7. The maximum Gasteiger partial charge on any atom is 0.225 e. The van der Waals surface area contributed by atoms with E-state index < -0.39 is 0 Å². The number of rotatable bonds is 7. The Morgan fingerprint density at radius 2 is 1.83 bits per heavy atom. The van der Waals surface area contributed by atoms with Gasteiger partial charge in [0.1, 0.15) is 5.01 Å². The Labute approximate surface area is 150 Å². The molecule has 0 N–H and O–H groups in total. The van der Waals surface area contributed by atoms with Crippen molar-refractivity contribution in [2.75, 3.05) is 26.2 Å². The molecular formula is C19H31N3OS. The van der Waals surface area contributed by atoms with Gasteiger partial charge in [-0.1, -0.05) is 26.7 Å². The Hall–Kier alpha value is -0.940. The van der Waals surface area contributed by atoms with E-state index in [0.29, 0.717) is 5.91 Å². The molecule has 2 aliphatic rings. The monoisotopic (exact) mass is 349 g/mol. The highest BCUT2D eigenvalue weighted by Crippen LogP contribution is 2.28. The lowest BCUT2D eigenvalue weighted by Crippen LogP contribution is -2.50. The van der Waals surface area contributed by atoms with Crippen molar-refractivity contribution in [1.29, 1.82) is 0 Å². The van der Waals surface area contributed by atoms with E-state index in [-0.39, 0.29) is 5.92 Å². The minimum absolute atomic E-state index is 0.244. The van der Waals surface area contributed by atoms with Crippen molar-refractivity contribution in [1.82, 2.24) is 14.8 Å². The summed E-state index contributed by atoms with van der Waals surface area (Å²) in [6.07, 6.45) is 7.97. The van der Waals surface area contributed by atoms with E-state index in [9.17, 15) is 4.79 Å². The van der Waals surface area contributed by atoms with Crippen LogP contribution in [0.5, 0.6) is 0 Å². The van der Waals surface area contributed by atoms with Gasteiger partial charge < -0.3 is 4.90 Å². The van der Waals surface area contributed by atoms with E-state index in [1.165, 1.54) is 34.8 Å². The van der Waals surface area contributed by atoms with Gasteiger partial charge in [0, 0.05) is 37.0 Å². The molecule has 3 rings (SSSR count). The molecular weight excluding hydrogens is 318 g/mol. The fraction of sp³-hybridized carbons (Fsp3) is 0.789. The number of amides is 1. The Kier molecular flexibility index (Phi) is 6.28. The van der Waals surface area contributed by atoms with Gasteiger partial charge in [-0.25, -0.2) is 4.98 Å². The van der Waals surface area contributed by atoms with Crippen LogP contribution in [0.3, 0.4) is 0 Å². The van der Waals surface area contributed by atoms with Gasteiger partial charge in [-0.3, -0.25) is 9.69 Å². The fourth-order valence-electron chi connectivity index (χ4n) is 3.98. The van der Waals surface area contributed by atoms with Crippen LogP contribution < -0.4 is 0 Å². The molecule has 1 aliphatic heterocycles. The molecule has 24 heavy (non-hydrogen) atoms. The van der Waals surface area contributed by atoms with Crippen LogP contribution in [0.25, 0.3) is 0 Å². The van der Waals surface area contributed by atoms with Gasteiger partial charge in [0.15, 0.2) is 0 Å². The highest BCUT2D eigenvalue weighted by molar-refractivity contribution is 7.11. The average molecular weight is 350 g/mol. The summed E-state index contributed by atoms with van der Waals surface area (Å²) in [5, 5.41) is 1.27. The number of aryl methyl sites for hydroxylation is 2. The molecule has 0 radical (unpaired) electrons. The number of carbonyl (C=O) groups is 1. The Balaban J connectivity index is 1.48. The number of hydrogen-bond donors (Lipinski definition) is 0. The molecule has 0 saturated carbocycles. The molecule has 0 bridgehead atoms. The van der Waals surface area contributed by atoms with Crippen molar-refractivity contribution in [3.05, 3.63) is 15.6 Å². The number of thiazole rings is 1. The molecule has 0 aromatic carbocycles.